The van der Waals surface area contributed by atoms with Gasteiger partial charge in [0.25, 0.3) is 11.8 Å². The number of anilines is 2. The van der Waals surface area contributed by atoms with Gasteiger partial charge in [0.1, 0.15) is 5.70 Å². The first-order valence-corrected chi connectivity index (χ1v) is 16.3. The Kier molecular flexibility index (Phi) is 11.1. The summed E-state index contributed by atoms with van der Waals surface area (Å²) >= 11 is 2.80. The number of rotatable bonds is 12. The predicted octanol–water partition coefficient (Wildman–Crippen LogP) is 7.28. The molecular weight excluding hydrogens is 633 g/mol. The summed E-state index contributed by atoms with van der Waals surface area (Å²) in [7, 11) is 3.02. The summed E-state index contributed by atoms with van der Waals surface area (Å²) in [5.74, 6) is -0.0587. The molecule has 0 radical (unpaired) electrons. The number of carbonyl (C=O) groups excluding carboxylic acids is 3. The molecule has 47 heavy (non-hydrogen) atoms. The maximum atomic E-state index is 13.5. The van der Waals surface area contributed by atoms with Crippen LogP contribution >= 0.6 is 23.1 Å². The van der Waals surface area contributed by atoms with Gasteiger partial charge in [0.05, 0.1) is 25.7 Å². The van der Waals surface area contributed by atoms with Crippen LogP contribution in [0.3, 0.4) is 0 Å². The smallest absolute Gasteiger partial charge is 0.272 e. The van der Waals surface area contributed by atoms with E-state index in [1.165, 1.54) is 43.4 Å². The molecule has 9 nitrogen and oxygen atoms in total. The average molecular weight is 665 g/mol. The Morgan fingerprint density at radius 3 is 2.21 bits per heavy atom. The Morgan fingerprint density at radius 1 is 0.830 bits per heavy atom. The molecule has 0 unspecified atom stereocenters. The molecule has 4 aromatic carbocycles. The molecular formula is C36H32N4O5S2. The number of methoxy groups -OCH3 is 2. The first-order chi connectivity index (χ1) is 22.8. The minimum atomic E-state index is -0.535. The molecule has 11 heteroatoms. The Morgan fingerprint density at radius 2 is 1.53 bits per heavy atom. The number of para-hydroxylation sites is 1. The van der Waals surface area contributed by atoms with Crippen molar-refractivity contribution in [2.24, 2.45) is 0 Å². The standard InChI is InChI=1S/C36H32N4O5S2/c1-23-32(24-11-6-4-7-12-24)40-36(47-23)39-31(41)22-46-28-19-17-27(18-20-28)37-35(43)29(38-34(42)25-13-8-5-9-14-25)21-26-15-10-16-30(44-2)33(26)45-3/h4-21H,22H2,1-3H3,(H,37,43)(H,38,42)(H,39,40,41)/b29-21-. The Balaban J connectivity index is 1.24. The molecule has 0 saturated carbocycles. The lowest BCUT2D eigenvalue weighted by molar-refractivity contribution is -0.114. The molecule has 5 aromatic rings. The topological polar surface area (TPSA) is 119 Å². The molecule has 0 saturated heterocycles. The van der Waals surface area contributed by atoms with Crippen LogP contribution in [-0.2, 0) is 9.59 Å². The van der Waals surface area contributed by atoms with Gasteiger partial charge in [-0.25, -0.2) is 4.98 Å². The van der Waals surface area contributed by atoms with E-state index in [1.54, 1.807) is 60.7 Å². The van der Waals surface area contributed by atoms with Crippen LogP contribution < -0.4 is 25.4 Å². The summed E-state index contributed by atoms with van der Waals surface area (Å²) in [6.45, 7) is 1.98. The third kappa shape index (κ3) is 8.66. The zero-order valence-corrected chi connectivity index (χ0v) is 27.5. The molecule has 0 aliphatic rings. The number of aryl methyl sites for hydroxylation is 1. The average Bonchev–Trinajstić information content (AvgIpc) is 3.47. The molecule has 5 rings (SSSR count). The number of carbonyl (C=O) groups is 3. The molecule has 0 spiro atoms. The Hall–Kier alpha value is -5.39. The van der Waals surface area contributed by atoms with Crippen LogP contribution in [0.25, 0.3) is 17.3 Å². The lowest BCUT2D eigenvalue weighted by Crippen LogP contribution is -2.30. The first-order valence-electron chi connectivity index (χ1n) is 14.5. The molecule has 0 atom stereocenters. The highest BCUT2D eigenvalue weighted by atomic mass is 32.2. The van der Waals surface area contributed by atoms with Gasteiger partial charge in [0.2, 0.25) is 5.91 Å². The van der Waals surface area contributed by atoms with Crippen LogP contribution in [0.4, 0.5) is 10.8 Å². The number of hydrogen-bond donors (Lipinski definition) is 3. The lowest BCUT2D eigenvalue weighted by Gasteiger charge is -2.14. The minimum Gasteiger partial charge on any atom is -0.493 e. The van der Waals surface area contributed by atoms with Crippen LogP contribution in [0, 0.1) is 6.92 Å². The number of nitrogens with zero attached hydrogens (tertiary/aromatic N) is 1. The number of amides is 3. The summed E-state index contributed by atoms with van der Waals surface area (Å²) in [6.07, 6.45) is 1.53. The summed E-state index contributed by atoms with van der Waals surface area (Å²) in [5, 5.41) is 9.02. The van der Waals surface area contributed by atoms with Gasteiger partial charge in [-0.15, -0.1) is 23.1 Å². The highest BCUT2D eigenvalue weighted by Crippen LogP contribution is 2.33. The van der Waals surface area contributed by atoms with E-state index in [0.717, 1.165) is 21.0 Å². The first kappa shape index (κ1) is 33.0. The number of nitrogens with one attached hydrogen (secondary N) is 3. The monoisotopic (exact) mass is 664 g/mol. The van der Waals surface area contributed by atoms with Gasteiger partial charge >= 0.3 is 0 Å². The van der Waals surface area contributed by atoms with Crippen LogP contribution in [0.5, 0.6) is 11.5 Å². The largest absolute Gasteiger partial charge is 0.493 e. The maximum Gasteiger partial charge on any atom is 0.272 e. The number of ether oxygens (including phenoxy) is 2. The molecule has 1 heterocycles. The summed E-state index contributed by atoms with van der Waals surface area (Å²) in [6, 6.07) is 30.8. The quantitative estimate of drug-likeness (QED) is 0.0948. The van der Waals surface area contributed by atoms with Crippen LogP contribution in [0.15, 0.2) is 114 Å². The number of aromatic nitrogens is 1. The fourth-order valence-electron chi connectivity index (χ4n) is 4.57. The molecule has 3 amide bonds. The van der Waals surface area contributed by atoms with Gasteiger partial charge < -0.3 is 25.4 Å². The normalized spacial score (nSPS) is 11.0. The van der Waals surface area contributed by atoms with Crippen molar-refractivity contribution >= 4 is 57.7 Å². The predicted molar refractivity (Wildman–Crippen MR) is 188 cm³/mol. The van der Waals surface area contributed by atoms with E-state index < -0.39 is 11.8 Å². The number of benzene rings is 4. The van der Waals surface area contributed by atoms with Crippen molar-refractivity contribution < 1.29 is 23.9 Å². The maximum absolute atomic E-state index is 13.5. The van der Waals surface area contributed by atoms with E-state index in [9.17, 15) is 14.4 Å². The van der Waals surface area contributed by atoms with Gasteiger partial charge in [-0.2, -0.15) is 0 Å². The molecule has 0 aliphatic heterocycles. The second-order valence-electron chi connectivity index (χ2n) is 10.1. The number of hydrogen-bond acceptors (Lipinski definition) is 8. The highest BCUT2D eigenvalue weighted by molar-refractivity contribution is 8.00. The van der Waals surface area contributed by atoms with Crippen molar-refractivity contribution in [1.82, 2.24) is 10.3 Å². The van der Waals surface area contributed by atoms with E-state index in [1.807, 2.05) is 49.4 Å². The summed E-state index contributed by atoms with van der Waals surface area (Å²) in [4.78, 5) is 45.7. The molecule has 238 valence electrons. The zero-order chi connectivity index (χ0) is 33.2. The van der Waals surface area contributed by atoms with E-state index >= 15 is 0 Å². The fraction of sp³-hybridized carbons (Fsp3) is 0.111. The second-order valence-corrected chi connectivity index (χ2v) is 12.3. The van der Waals surface area contributed by atoms with Gasteiger partial charge in [-0.3, -0.25) is 14.4 Å². The fourth-order valence-corrected chi connectivity index (χ4v) is 6.12. The second kappa shape index (κ2) is 15.7. The third-order valence-corrected chi connectivity index (χ3v) is 8.73. The Bertz CT molecular complexity index is 1890. The van der Waals surface area contributed by atoms with Gasteiger partial charge in [-0.05, 0) is 55.5 Å². The van der Waals surface area contributed by atoms with Crippen LogP contribution in [-0.4, -0.2) is 42.7 Å². The van der Waals surface area contributed by atoms with E-state index in [-0.39, 0.29) is 17.4 Å². The highest BCUT2D eigenvalue weighted by Gasteiger charge is 2.18. The zero-order valence-electron chi connectivity index (χ0n) is 25.9. The van der Waals surface area contributed by atoms with Crippen LogP contribution in [0.1, 0.15) is 20.8 Å². The van der Waals surface area contributed by atoms with Gasteiger partial charge in [-0.1, -0.05) is 60.7 Å². The molecule has 1 aromatic heterocycles. The molecule has 0 aliphatic carbocycles. The summed E-state index contributed by atoms with van der Waals surface area (Å²) in [5.41, 5.74) is 3.32. The third-order valence-electron chi connectivity index (χ3n) is 6.83. The molecule has 0 fully saturated rings. The van der Waals surface area contributed by atoms with E-state index in [4.69, 9.17) is 9.47 Å². The molecule has 0 bridgehead atoms. The van der Waals surface area contributed by atoms with E-state index in [2.05, 4.69) is 20.9 Å². The van der Waals surface area contributed by atoms with Crippen molar-refractivity contribution in [1.29, 1.82) is 0 Å². The van der Waals surface area contributed by atoms with Crippen molar-refractivity contribution in [3.05, 3.63) is 125 Å². The van der Waals surface area contributed by atoms with Crippen LogP contribution in [0.2, 0.25) is 0 Å². The SMILES string of the molecule is COc1cccc(/C=C(\NC(=O)c2ccccc2)C(=O)Nc2ccc(SCC(=O)Nc3nc(-c4ccccc4)c(C)s3)cc2)c1OC. The van der Waals surface area contributed by atoms with Gasteiger partial charge in [0, 0.05) is 32.2 Å². The summed E-state index contributed by atoms with van der Waals surface area (Å²) < 4.78 is 10.9. The lowest BCUT2D eigenvalue weighted by atomic mass is 10.1. The number of thioether (sulfide) groups is 1. The van der Waals surface area contributed by atoms with Gasteiger partial charge in [0.15, 0.2) is 16.6 Å². The van der Waals surface area contributed by atoms with Crippen molar-refractivity contribution in [3.63, 3.8) is 0 Å². The van der Waals surface area contributed by atoms with Crippen molar-refractivity contribution in [2.75, 3.05) is 30.6 Å². The Labute approximate surface area is 281 Å². The van der Waals surface area contributed by atoms with Crippen molar-refractivity contribution in [2.45, 2.75) is 11.8 Å². The van der Waals surface area contributed by atoms with Crippen molar-refractivity contribution in [3.8, 4) is 22.8 Å². The number of thiazole rings is 1. The molecule has 3 N–H and O–H groups in total. The van der Waals surface area contributed by atoms with E-state index in [0.29, 0.717) is 33.4 Å². The minimum absolute atomic E-state index is 0.00775.